The largest absolute Gasteiger partial charge is 0.495 e. The van der Waals surface area contributed by atoms with Crippen LogP contribution < -0.4 is 25.2 Å². The van der Waals surface area contributed by atoms with Gasteiger partial charge in [-0.2, -0.15) is 0 Å². The van der Waals surface area contributed by atoms with Gasteiger partial charge in [0.05, 0.1) is 39.8 Å². The Morgan fingerprint density at radius 1 is 1.23 bits per heavy atom. The zero-order valence-electron chi connectivity index (χ0n) is 19.5. The van der Waals surface area contributed by atoms with Crippen LogP contribution in [-0.2, 0) is 0 Å². The molecule has 1 amide bonds. The summed E-state index contributed by atoms with van der Waals surface area (Å²) in [7, 11) is 1.66. The van der Waals surface area contributed by atoms with Gasteiger partial charge >= 0.3 is 0 Å². The fourth-order valence-electron chi connectivity index (χ4n) is 3.91. The average molecular weight is 513 g/mol. The highest BCUT2D eigenvalue weighted by atomic mass is 35.5. The van der Waals surface area contributed by atoms with Crippen molar-refractivity contribution in [2.24, 2.45) is 0 Å². The van der Waals surface area contributed by atoms with Gasteiger partial charge in [0, 0.05) is 50.3 Å². The minimum atomic E-state index is -0.388. The number of para-hydroxylation sites is 1. The first kappa shape index (κ1) is 24.8. The van der Waals surface area contributed by atoms with Gasteiger partial charge in [-0.3, -0.25) is 9.69 Å². The van der Waals surface area contributed by atoms with Gasteiger partial charge in [-0.15, -0.1) is 0 Å². The molecule has 4 rings (SSSR count). The van der Waals surface area contributed by atoms with Gasteiger partial charge < -0.3 is 20.3 Å². The Bertz CT molecular complexity index is 1230. The summed E-state index contributed by atoms with van der Waals surface area (Å²) in [6.07, 6.45) is 2.84. The highest BCUT2D eigenvalue weighted by molar-refractivity contribution is 6.40. The maximum Gasteiger partial charge on any atom is 0.265 e. The number of carbonyl (C=O) groups is 1. The Morgan fingerprint density at radius 2 is 1.94 bits per heavy atom. The topological polar surface area (TPSA) is 82.6 Å². The third-order valence-corrected chi connectivity index (χ3v) is 6.29. The number of nitrogens with one attached hydrogen (secondary N) is 2. The zero-order valence-corrected chi connectivity index (χ0v) is 21.0. The Labute approximate surface area is 214 Å². The van der Waals surface area contributed by atoms with Gasteiger partial charge in [0.1, 0.15) is 5.75 Å². The van der Waals surface area contributed by atoms with Gasteiger partial charge in [-0.05, 0) is 31.2 Å². The number of aryl methyl sites for hydroxylation is 1. The van der Waals surface area contributed by atoms with Crippen molar-refractivity contribution < 1.29 is 9.53 Å². The molecular formula is C25H26Cl2N6O2. The summed E-state index contributed by atoms with van der Waals surface area (Å²) in [6, 6.07) is 10.9. The third-order valence-electron chi connectivity index (χ3n) is 5.68. The number of hydrogen-bond donors (Lipinski definition) is 2. The van der Waals surface area contributed by atoms with Crippen molar-refractivity contribution in [3.63, 3.8) is 0 Å². The SMILES string of the molecule is C=CN(C(=O)c1cnc(Nc2ccc(N3CCNCC3)c(OC)c2)nc1C)c1c(Cl)cccc1Cl. The van der Waals surface area contributed by atoms with Crippen molar-refractivity contribution in [3.05, 3.63) is 76.7 Å². The number of methoxy groups -OCH3 is 1. The van der Waals surface area contributed by atoms with E-state index in [4.69, 9.17) is 27.9 Å². The number of ether oxygens (including phenoxy) is 1. The average Bonchev–Trinajstić information content (AvgIpc) is 2.86. The standard InChI is InChI=1S/C25H26Cl2N6O2/c1-4-33(23-19(26)6-5-7-20(23)27)24(34)18-15-29-25(30-16(18)2)31-17-8-9-21(22(14-17)35-3)32-12-10-28-11-13-32/h4-9,14-15,28H,1,10-13H2,2-3H3,(H,29,30,31). The van der Waals surface area contributed by atoms with Crippen molar-refractivity contribution in [1.82, 2.24) is 15.3 Å². The Hall–Kier alpha value is -3.33. The molecule has 2 heterocycles. The summed E-state index contributed by atoms with van der Waals surface area (Å²) in [6.45, 7) is 9.19. The number of aromatic nitrogens is 2. The first-order valence-corrected chi connectivity index (χ1v) is 11.8. The van der Waals surface area contributed by atoms with E-state index in [2.05, 4.69) is 32.1 Å². The molecule has 1 saturated heterocycles. The normalized spacial score (nSPS) is 13.3. The number of rotatable bonds is 7. The number of piperazine rings is 1. The molecule has 10 heteroatoms. The van der Waals surface area contributed by atoms with Gasteiger partial charge in [0.15, 0.2) is 0 Å². The molecule has 0 bridgehead atoms. The van der Waals surface area contributed by atoms with E-state index in [1.807, 2.05) is 18.2 Å². The van der Waals surface area contributed by atoms with Crippen LogP contribution in [0.1, 0.15) is 16.1 Å². The number of nitrogens with zero attached hydrogens (tertiary/aromatic N) is 4. The minimum Gasteiger partial charge on any atom is -0.495 e. The van der Waals surface area contributed by atoms with Gasteiger partial charge in [-0.25, -0.2) is 9.97 Å². The molecule has 182 valence electrons. The number of benzene rings is 2. The molecule has 1 aliphatic heterocycles. The van der Waals surface area contributed by atoms with E-state index in [0.717, 1.165) is 43.3 Å². The number of hydrogen-bond acceptors (Lipinski definition) is 7. The number of halogens is 2. The van der Waals surface area contributed by atoms with Crippen LogP contribution in [0.3, 0.4) is 0 Å². The molecule has 0 atom stereocenters. The van der Waals surface area contributed by atoms with E-state index >= 15 is 0 Å². The second-order valence-electron chi connectivity index (χ2n) is 7.87. The molecule has 1 aromatic heterocycles. The lowest BCUT2D eigenvalue weighted by Crippen LogP contribution is -2.43. The lowest BCUT2D eigenvalue weighted by atomic mass is 10.2. The highest BCUT2D eigenvalue weighted by Gasteiger charge is 2.23. The highest BCUT2D eigenvalue weighted by Crippen LogP contribution is 2.35. The zero-order chi connectivity index (χ0) is 24.9. The van der Waals surface area contributed by atoms with Crippen molar-refractivity contribution in [2.75, 3.05) is 48.4 Å². The molecule has 2 N–H and O–H groups in total. The van der Waals surface area contributed by atoms with Crippen molar-refractivity contribution in [1.29, 1.82) is 0 Å². The first-order chi connectivity index (χ1) is 16.9. The fraction of sp³-hybridized carbons (Fsp3) is 0.240. The minimum absolute atomic E-state index is 0.304. The molecule has 0 unspecified atom stereocenters. The quantitative estimate of drug-likeness (QED) is 0.458. The maximum atomic E-state index is 13.3. The van der Waals surface area contributed by atoms with Crippen molar-refractivity contribution >= 4 is 52.1 Å². The number of anilines is 4. The van der Waals surface area contributed by atoms with Crippen LogP contribution in [0.4, 0.5) is 23.0 Å². The summed E-state index contributed by atoms with van der Waals surface area (Å²) in [4.78, 5) is 25.7. The first-order valence-electron chi connectivity index (χ1n) is 11.1. The molecule has 0 radical (unpaired) electrons. The van der Waals surface area contributed by atoms with Gasteiger partial charge in [0.2, 0.25) is 5.95 Å². The second kappa shape index (κ2) is 10.9. The van der Waals surface area contributed by atoms with Crippen molar-refractivity contribution in [2.45, 2.75) is 6.92 Å². The molecule has 0 aliphatic carbocycles. The molecule has 1 aliphatic rings. The lowest BCUT2D eigenvalue weighted by Gasteiger charge is -2.30. The summed E-state index contributed by atoms with van der Waals surface area (Å²) >= 11 is 12.6. The predicted molar refractivity (Wildman–Crippen MR) is 142 cm³/mol. The second-order valence-corrected chi connectivity index (χ2v) is 8.68. The van der Waals surface area contributed by atoms with Crippen LogP contribution in [0.5, 0.6) is 5.75 Å². The maximum absolute atomic E-state index is 13.3. The van der Waals surface area contributed by atoms with Crippen LogP contribution in [0.2, 0.25) is 10.0 Å². The molecule has 1 fully saturated rings. The Kier molecular flexibility index (Phi) is 7.75. The molecule has 3 aromatic rings. The Balaban J connectivity index is 1.55. The van der Waals surface area contributed by atoms with Crippen LogP contribution >= 0.6 is 23.2 Å². The van der Waals surface area contributed by atoms with Crippen LogP contribution in [-0.4, -0.2) is 49.2 Å². The number of carbonyl (C=O) groups excluding carboxylic acids is 1. The molecule has 0 spiro atoms. The van der Waals surface area contributed by atoms with E-state index in [-0.39, 0.29) is 5.91 Å². The van der Waals surface area contributed by atoms with Gasteiger partial charge in [-0.1, -0.05) is 35.8 Å². The van der Waals surface area contributed by atoms with E-state index in [1.165, 1.54) is 17.3 Å². The van der Waals surface area contributed by atoms with Gasteiger partial charge in [0.25, 0.3) is 5.91 Å². The Morgan fingerprint density at radius 3 is 2.57 bits per heavy atom. The molecule has 2 aromatic carbocycles. The lowest BCUT2D eigenvalue weighted by molar-refractivity contribution is 0.0996. The monoisotopic (exact) mass is 512 g/mol. The van der Waals surface area contributed by atoms with E-state index in [0.29, 0.717) is 32.9 Å². The van der Waals surface area contributed by atoms with Crippen LogP contribution in [0.25, 0.3) is 0 Å². The van der Waals surface area contributed by atoms with E-state index in [9.17, 15) is 4.79 Å². The summed E-state index contributed by atoms with van der Waals surface area (Å²) < 4.78 is 5.63. The van der Waals surface area contributed by atoms with Crippen LogP contribution in [0, 0.1) is 6.92 Å². The molecular weight excluding hydrogens is 487 g/mol. The van der Waals surface area contributed by atoms with Crippen molar-refractivity contribution in [3.8, 4) is 5.75 Å². The van der Waals surface area contributed by atoms with E-state index in [1.54, 1.807) is 32.2 Å². The summed E-state index contributed by atoms with van der Waals surface area (Å²) in [5.41, 5.74) is 2.97. The smallest absolute Gasteiger partial charge is 0.265 e. The molecule has 0 saturated carbocycles. The van der Waals surface area contributed by atoms with Crippen LogP contribution in [0.15, 0.2) is 55.4 Å². The molecule has 35 heavy (non-hydrogen) atoms. The summed E-state index contributed by atoms with van der Waals surface area (Å²) in [5.74, 6) is 0.733. The molecule has 8 nitrogen and oxygen atoms in total. The predicted octanol–water partition coefficient (Wildman–Crippen LogP) is 5.04. The number of amides is 1. The fourth-order valence-corrected chi connectivity index (χ4v) is 4.49. The third kappa shape index (κ3) is 5.35. The van der Waals surface area contributed by atoms with E-state index < -0.39 is 0 Å². The summed E-state index contributed by atoms with van der Waals surface area (Å²) in [5, 5.41) is 7.21.